The molecule has 2 aromatic carbocycles. The lowest BCUT2D eigenvalue weighted by molar-refractivity contribution is 0.415. The van der Waals surface area contributed by atoms with E-state index in [-0.39, 0.29) is 16.9 Å². The Hall–Kier alpha value is -3.08. The molecule has 1 aromatic heterocycles. The van der Waals surface area contributed by atoms with Gasteiger partial charge in [-0.15, -0.1) is 0 Å². The van der Waals surface area contributed by atoms with Gasteiger partial charge in [-0.25, -0.2) is 4.98 Å². The average Bonchev–Trinajstić information content (AvgIpc) is 3.56. The average molecular weight is 359 g/mol. The third-order valence-corrected chi connectivity index (χ3v) is 6.24. The number of anilines is 1. The van der Waals surface area contributed by atoms with E-state index < -0.39 is 0 Å². The van der Waals surface area contributed by atoms with E-state index in [2.05, 4.69) is 35.3 Å². The molecule has 0 spiro atoms. The number of ether oxygens (including phenoxy) is 1. The van der Waals surface area contributed by atoms with Crippen molar-refractivity contribution >= 4 is 5.95 Å². The molecule has 0 bridgehead atoms. The van der Waals surface area contributed by atoms with Crippen LogP contribution >= 0.6 is 0 Å². The van der Waals surface area contributed by atoms with Crippen molar-refractivity contribution in [3.63, 3.8) is 0 Å². The van der Waals surface area contributed by atoms with Gasteiger partial charge in [0.25, 0.3) is 5.56 Å². The van der Waals surface area contributed by atoms with Crippen LogP contribution in [0.5, 0.6) is 5.75 Å². The van der Waals surface area contributed by atoms with Crippen LogP contribution < -0.4 is 16.0 Å². The van der Waals surface area contributed by atoms with Gasteiger partial charge in [0.05, 0.1) is 12.8 Å². The monoisotopic (exact) mass is 359 g/mol. The molecule has 2 fully saturated rings. The first-order valence-electron chi connectivity index (χ1n) is 9.13. The number of nitrogens with zero attached hydrogens (tertiary/aromatic N) is 2. The van der Waals surface area contributed by atoms with Crippen LogP contribution in [0.25, 0.3) is 11.1 Å². The van der Waals surface area contributed by atoms with Gasteiger partial charge >= 0.3 is 0 Å². The summed E-state index contributed by atoms with van der Waals surface area (Å²) < 4.78 is 6.70. The molecule has 3 aromatic rings. The van der Waals surface area contributed by atoms with E-state index in [1.807, 2.05) is 18.2 Å². The predicted molar refractivity (Wildman–Crippen MR) is 105 cm³/mol. The molecule has 5 nitrogen and oxygen atoms in total. The van der Waals surface area contributed by atoms with Crippen LogP contribution in [0, 0.1) is 5.92 Å². The Balaban J connectivity index is 1.43. The molecule has 0 aliphatic heterocycles. The van der Waals surface area contributed by atoms with Gasteiger partial charge in [0.15, 0.2) is 0 Å². The molecule has 5 rings (SSSR count). The first kappa shape index (κ1) is 16.1. The van der Waals surface area contributed by atoms with E-state index in [1.54, 1.807) is 20.2 Å². The van der Waals surface area contributed by atoms with Gasteiger partial charge in [0, 0.05) is 24.4 Å². The molecular formula is C22H21N3O2. The zero-order chi connectivity index (χ0) is 18.8. The van der Waals surface area contributed by atoms with Crippen LogP contribution in [-0.4, -0.2) is 16.7 Å². The molecule has 27 heavy (non-hydrogen) atoms. The molecule has 5 heteroatoms. The first-order valence-corrected chi connectivity index (χ1v) is 9.13. The standard InChI is InChI=1S/C22H21N3O2/c1-25-19(26)11-18(24-21(25)23)20-17-12-22(17,20)15-8-6-13(7-9-15)14-4-3-5-16(10-14)27-2/h3-11,17,20H,12H2,1-2H3,(H2,23,24). The molecule has 2 aliphatic rings. The molecule has 136 valence electrons. The van der Waals surface area contributed by atoms with Crippen LogP contribution in [-0.2, 0) is 12.5 Å². The molecule has 0 amide bonds. The van der Waals surface area contributed by atoms with Gasteiger partial charge in [0.2, 0.25) is 5.95 Å². The van der Waals surface area contributed by atoms with E-state index in [1.165, 1.54) is 15.7 Å². The third-order valence-electron chi connectivity index (χ3n) is 6.24. The number of hydrogen-bond acceptors (Lipinski definition) is 4. The minimum Gasteiger partial charge on any atom is -0.497 e. The fourth-order valence-corrected chi connectivity index (χ4v) is 4.40. The summed E-state index contributed by atoms with van der Waals surface area (Å²) in [6.45, 7) is 0. The largest absolute Gasteiger partial charge is 0.497 e. The molecule has 2 N–H and O–H groups in total. The van der Waals surface area contributed by atoms with E-state index in [0.717, 1.165) is 23.4 Å². The highest BCUT2D eigenvalue weighted by molar-refractivity contribution is 5.67. The van der Waals surface area contributed by atoms with Crippen molar-refractivity contribution in [2.24, 2.45) is 13.0 Å². The molecule has 3 unspecified atom stereocenters. The van der Waals surface area contributed by atoms with Crippen molar-refractivity contribution in [2.45, 2.75) is 17.8 Å². The summed E-state index contributed by atoms with van der Waals surface area (Å²) in [6, 6.07) is 18.5. The Bertz CT molecular complexity index is 1100. The molecule has 0 saturated heterocycles. The highest BCUT2D eigenvalue weighted by atomic mass is 16.5. The Morgan fingerprint density at radius 2 is 1.93 bits per heavy atom. The highest BCUT2D eigenvalue weighted by Crippen LogP contribution is 2.83. The molecule has 1 heterocycles. The number of nitrogen functional groups attached to an aromatic ring is 1. The number of rotatable bonds is 4. The minimum atomic E-state index is -0.0904. The third kappa shape index (κ3) is 2.31. The van der Waals surface area contributed by atoms with E-state index in [4.69, 9.17) is 10.5 Å². The topological polar surface area (TPSA) is 70.1 Å². The lowest BCUT2D eigenvalue weighted by atomic mass is 9.93. The maximum Gasteiger partial charge on any atom is 0.254 e. The smallest absolute Gasteiger partial charge is 0.254 e. The number of benzene rings is 2. The van der Waals surface area contributed by atoms with E-state index in [9.17, 15) is 4.79 Å². The zero-order valence-corrected chi connectivity index (χ0v) is 15.3. The van der Waals surface area contributed by atoms with Crippen molar-refractivity contribution in [1.29, 1.82) is 0 Å². The quantitative estimate of drug-likeness (QED) is 0.777. The van der Waals surface area contributed by atoms with Crippen LogP contribution in [0.3, 0.4) is 0 Å². The van der Waals surface area contributed by atoms with Gasteiger partial charge < -0.3 is 10.5 Å². The number of aromatic nitrogens is 2. The lowest BCUT2D eigenvalue weighted by Gasteiger charge is -2.14. The van der Waals surface area contributed by atoms with Crippen LogP contribution in [0.15, 0.2) is 59.4 Å². The second kappa shape index (κ2) is 5.46. The van der Waals surface area contributed by atoms with E-state index >= 15 is 0 Å². The predicted octanol–water partition coefficient (Wildman–Crippen LogP) is 3.09. The summed E-state index contributed by atoms with van der Waals surface area (Å²) in [4.78, 5) is 16.5. The fraction of sp³-hybridized carbons (Fsp3) is 0.273. The highest BCUT2D eigenvalue weighted by Gasteiger charge is 2.80. The van der Waals surface area contributed by atoms with Gasteiger partial charge in [-0.1, -0.05) is 36.4 Å². The number of methoxy groups -OCH3 is 1. The Kier molecular flexibility index (Phi) is 3.26. The maximum absolute atomic E-state index is 12.0. The summed E-state index contributed by atoms with van der Waals surface area (Å²) in [5.41, 5.74) is 10.4. The normalized spacial score (nSPS) is 25.0. The van der Waals surface area contributed by atoms with Crippen molar-refractivity contribution in [3.05, 3.63) is 76.2 Å². The molecular weight excluding hydrogens is 338 g/mol. The minimum absolute atomic E-state index is 0.0904. The van der Waals surface area contributed by atoms with Gasteiger partial charge in [-0.3, -0.25) is 9.36 Å². The second-order valence-corrected chi connectivity index (χ2v) is 7.57. The SMILES string of the molecule is COc1cccc(-c2ccc(C34CC3C4c3cc(=O)n(C)c(N)n3)cc2)c1. The second-order valence-electron chi connectivity index (χ2n) is 7.57. The van der Waals surface area contributed by atoms with Gasteiger partial charge in [-0.05, 0) is 41.2 Å². The van der Waals surface area contributed by atoms with Gasteiger partial charge in [0.1, 0.15) is 5.75 Å². The van der Waals surface area contributed by atoms with Crippen molar-refractivity contribution in [1.82, 2.24) is 9.55 Å². The summed E-state index contributed by atoms with van der Waals surface area (Å²) in [7, 11) is 3.33. The van der Waals surface area contributed by atoms with Crippen LogP contribution in [0.2, 0.25) is 0 Å². The Labute approximate surface area is 157 Å². The van der Waals surface area contributed by atoms with Crippen molar-refractivity contribution < 1.29 is 4.74 Å². The first-order chi connectivity index (χ1) is 13.0. The Morgan fingerprint density at radius 1 is 1.15 bits per heavy atom. The fourth-order valence-electron chi connectivity index (χ4n) is 4.40. The van der Waals surface area contributed by atoms with Gasteiger partial charge in [-0.2, -0.15) is 0 Å². The molecule has 0 radical (unpaired) electrons. The summed E-state index contributed by atoms with van der Waals surface area (Å²) >= 11 is 0. The maximum atomic E-state index is 12.0. The Morgan fingerprint density at radius 3 is 2.59 bits per heavy atom. The molecule has 2 saturated carbocycles. The molecule has 3 atom stereocenters. The van der Waals surface area contributed by atoms with Crippen LogP contribution in [0.1, 0.15) is 23.6 Å². The lowest BCUT2D eigenvalue weighted by Crippen LogP contribution is -2.22. The summed E-state index contributed by atoms with van der Waals surface area (Å²) in [5.74, 6) is 2.04. The van der Waals surface area contributed by atoms with Crippen molar-refractivity contribution in [2.75, 3.05) is 12.8 Å². The summed E-state index contributed by atoms with van der Waals surface area (Å²) in [6.07, 6.45) is 1.16. The summed E-state index contributed by atoms with van der Waals surface area (Å²) in [5, 5.41) is 0. The molecule has 2 aliphatic carbocycles. The van der Waals surface area contributed by atoms with Crippen molar-refractivity contribution in [3.8, 4) is 16.9 Å². The number of fused-ring (bicyclic) bond motifs is 1. The number of nitrogens with two attached hydrogens (primary N) is 1. The van der Waals surface area contributed by atoms with Crippen LogP contribution in [0.4, 0.5) is 5.95 Å². The zero-order valence-electron chi connectivity index (χ0n) is 15.3. The number of hydrogen-bond donors (Lipinski definition) is 1. The van der Waals surface area contributed by atoms with E-state index in [0.29, 0.717) is 11.8 Å².